The topological polar surface area (TPSA) is 48.0 Å². The van der Waals surface area contributed by atoms with Crippen molar-refractivity contribution in [2.24, 2.45) is 5.41 Å². The van der Waals surface area contributed by atoms with Gasteiger partial charge in [0.15, 0.2) is 0 Å². The minimum atomic E-state index is -0.116. The third-order valence-electron chi connectivity index (χ3n) is 4.89. The van der Waals surface area contributed by atoms with Gasteiger partial charge in [-0.05, 0) is 19.2 Å². The first-order valence-corrected chi connectivity index (χ1v) is 8.62. The van der Waals surface area contributed by atoms with Crippen LogP contribution in [-0.2, 0) is 11.3 Å². The zero-order valence-corrected chi connectivity index (χ0v) is 14.5. The Morgan fingerprint density at radius 2 is 2.00 bits per heavy atom. The molecule has 2 saturated heterocycles. The molecule has 2 aliphatic heterocycles. The molecule has 5 nitrogen and oxygen atoms in total. The standard InChI is InChI=1S/C17H26ClN3O2/c1-20-5-7-21(8-6-20)16-4-2-3-15(18)14(16)9-19-10-17(11-22)12-23-13-17/h2-4,19,22H,5-13H2,1H3. The lowest BCUT2D eigenvalue weighted by atomic mass is 9.87. The molecule has 2 aliphatic rings. The minimum absolute atomic E-state index is 0.116. The number of aliphatic hydroxyl groups excluding tert-OH is 1. The quantitative estimate of drug-likeness (QED) is 0.815. The molecule has 2 heterocycles. The van der Waals surface area contributed by atoms with Gasteiger partial charge in [-0.2, -0.15) is 0 Å². The maximum Gasteiger partial charge on any atom is 0.0579 e. The Morgan fingerprint density at radius 3 is 2.61 bits per heavy atom. The predicted octanol–water partition coefficient (Wildman–Crippen LogP) is 1.19. The molecule has 2 fully saturated rings. The Morgan fingerprint density at radius 1 is 1.26 bits per heavy atom. The van der Waals surface area contributed by atoms with E-state index in [4.69, 9.17) is 16.3 Å². The lowest BCUT2D eigenvalue weighted by Crippen LogP contribution is -2.52. The third kappa shape index (κ3) is 3.80. The number of rotatable bonds is 6. The highest BCUT2D eigenvalue weighted by atomic mass is 35.5. The van der Waals surface area contributed by atoms with Gasteiger partial charge in [0.1, 0.15) is 0 Å². The van der Waals surface area contributed by atoms with Gasteiger partial charge < -0.3 is 25.0 Å². The van der Waals surface area contributed by atoms with E-state index >= 15 is 0 Å². The Balaban J connectivity index is 1.66. The predicted molar refractivity (Wildman–Crippen MR) is 93.2 cm³/mol. The molecule has 128 valence electrons. The zero-order valence-electron chi connectivity index (χ0n) is 13.7. The van der Waals surface area contributed by atoms with Crippen molar-refractivity contribution in [3.8, 4) is 0 Å². The van der Waals surface area contributed by atoms with E-state index in [1.54, 1.807) is 0 Å². The molecule has 1 aromatic rings. The molecule has 1 aromatic carbocycles. The number of benzene rings is 1. The van der Waals surface area contributed by atoms with Crippen molar-refractivity contribution in [2.75, 3.05) is 64.5 Å². The summed E-state index contributed by atoms with van der Waals surface area (Å²) in [5, 5.41) is 13.8. The van der Waals surface area contributed by atoms with Crippen LogP contribution in [0.5, 0.6) is 0 Å². The molecule has 0 aliphatic carbocycles. The van der Waals surface area contributed by atoms with E-state index in [-0.39, 0.29) is 12.0 Å². The number of ether oxygens (including phenoxy) is 1. The summed E-state index contributed by atoms with van der Waals surface area (Å²) in [7, 11) is 2.16. The summed E-state index contributed by atoms with van der Waals surface area (Å²) in [6, 6.07) is 6.13. The smallest absolute Gasteiger partial charge is 0.0579 e. The molecule has 0 aromatic heterocycles. The summed E-state index contributed by atoms with van der Waals surface area (Å²) < 4.78 is 5.25. The van der Waals surface area contributed by atoms with Crippen molar-refractivity contribution in [1.82, 2.24) is 10.2 Å². The van der Waals surface area contributed by atoms with Crippen molar-refractivity contribution in [3.05, 3.63) is 28.8 Å². The Hall–Kier alpha value is -0.850. The SMILES string of the molecule is CN1CCN(c2cccc(Cl)c2CNCC2(CO)COC2)CC1. The fourth-order valence-corrected chi connectivity index (χ4v) is 3.39. The normalized spacial score (nSPS) is 21.3. The number of nitrogens with one attached hydrogen (secondary N) is 1. The first kappa shape index (κ1) is 17.0. The lowest BCUT2D eigenvalue weighted by Gasteiger charge is -2.40. The monoisotopic (exact) mass is 339 g/mol. The number of hydrogen-bond acceptors (Lipinski definition) is 5. The van der Waals surface area contributed by atoms with Crippen LogP contribution in [0.15, 0.2) is 18.2 Å². The van der Waals surface area contributed by atoms with Crippen LogP contribution in [0.25, 0.3) is 0 Å². The van der Waals surface area contributed by atoms with Crippen LogP contribution in [-0.4, -0.2) is 69.6 Å². The Labute approximate surface area is 143 Å². The van der Waals surface area contributed by atoms with Gasteiger partial charge in [0.2, 0.25) is 0 Å². The largest absolute Gasteiger partial charge is 0.396 e. The van der Waals surface area contributed by atoms with Gasteiger partial charge in [0.25, 0.3) is 0 Å². The Bertz CT molecular complexity index is 523. The van der Waals surface area contributed by atoms with E-state index in [0.717, 1.165) is 43.3 Å². The highest BCUT2D eigenvalue weighted by molar-refractivity contribution is 6.31. The molecule has 0 spiro atoms. The third-order valence-corrected chi connectivity index (χ3v) is 5.25. The van der Waals surface area contributed by atoms with Crippen molar-refractivity contribution in [2.45, 2.75) is 6.54 Å². The number of nitrogens with zero attached hydrogens (tertiary/aromatic N) is 2. The van der Waals surface area contributed by atoms with Crippen LogP contribution >= 0.6 is 11.6 Å². The van der Waals surface area contributed by atoms with E-state index in [1.807, 2.05) is 12.1 Å². The molecule has 3 rings (SSSR count). The maximum absolute atomic E-state index is 9.51. The van der Waals surface area contributed by atoms with Crippen LogP contribution in [0, 0.1) is 5.41 Å². The summed E-state index contributed by atoms with van der Waals surface area (Å²) >= 11 is 6.46. The van der Waals surface area contributed by atoms with Gasteiger partial charge in [-0.15, -0.1) is 0 Å². The molecule has 0 unspecified atom stereocenters. The summed E-state index contributed by atoms with van der Waals surface area (Å²) in [6.45, 7) is 7.08. The van der Waals surface area contributed by atoms with Gasteiger partial charge in [-0.1, -0.05) is 17.7 Å². The molecule has 23 heavy (non-hydrogen) atoms. The zero-order chi connectivity index (χ0) is 16.3. The number of aliphatic hydroxyl groups is 1. The van der Waals surface area contributed by atoms with E-state index < -0.39 is 0 Å². The maximum atomic E-state index is 9.51. The molecule has 0 radical (unpaired) electrons. The number of anilines is 1. The number of halogens is 1. The van der Waals surface area contributed by atoms with Gasteiger partial charge in [-0.25, -0.2) is 0 Å². The second-order valence-corrected chi connectivity index (χ2v) is 7.19. The van der Waals surface area contributed by atoms with E-state index in [9.17, 15) is 5.11 Å². The van der Waals surface area contributed by atoms with Gasteiger partial charge in [0.05, 0.1) is 25.2 Å². The average molecular weight is 340 g/mol. The molecular formula is C17H26ClN3O2. The fourth-order valence-electron chi connectivity index (χ4n) is 3.16. The second kappa shape index (κ2) is 7.36. The van der Waals surface area contributed by atoms with E-state index in [1.165, 1.54) is 5.69 Å². The van der Waals surface area contributed by atoms with Crippen LogP contribution in [0.3, 0.4) is 0 Å². The van der Waals surface area contributed by atoms with Crippen molar-refractivity contribution in [3.63, 3.8) is 0 Å². The summed E-state index contributed by atoms with van der Waals surface area (Å²) in [5.41, 5.74) is 2.25. The van der Waals surface area contributed by atoms with Crippen LogP contribution in [0.4, 0.5) is 5.69 Å². The molecule has 0 bridgehead atoms. The van der Waals surface area contributed by atoms with Crippen LogP contribution in [0.2, 0.25) is 5.02 Å². The van der Waals surface area contributed by atoms with Crippen molar-refractivity contribution >= 4 is 17.3 Å². The summed E-state index contributed by atoms with van der Waals surface area (Å²) in [5.74, 6) is 0. The number of piperazine rings is 1. The highest BCUT2D eigenvalue weighted by Crippen LogP contribution is 2.29. The Kier molecular flexibility index (Phi) is 5.44. The lowest BCUT2D eigenvalue weighted by molar-refractivity contribution is -0.134. The number of hydrogen-bond donors (Lipinski definition) is 2. The van der Waals surface area contributed by atoms with E-state index in [0.29, 0.717) is 19.8 Å². The molecule has 0 atom stereocenters. The first-order chi connectivity index (χ1) is 11.1. The van der Waals surface area contributed by atoms with Crippen LogP contribution < -0.4 is 10.2 Å². The molecule has 2 N–H and O–H groups in total. The molecule has 0 saturated carbocycles. The number of likely N-dealkylation sites (N-methyl/N-ethyl adjacent to an activating group) is 1. The second-order valence-electron chi connectivity index (χ2n) is 6.78. The first-order valence-electron chi connectivity index (χ1n) is 8.24. The van der Waals surface area contributed by atoms with E-state index in [2.05, 4.69) is 28.2 Å². The van der Waals surface area contributed by atoms with Crippen LogP contribution in [0.1, 0.15) is 5.56 Å². The van der Waals surface area contributed by atoms with Gasteiger partial charge in [0, 0.05) is 55.5 Å². The van der Waals surface area contributed by atoms with Crippen molar-refractivity contribution < 1.29 is 9.84 Å². The molecular weight excluding hydrogens is 314 g/mol. The minimum Gasteiger partial charge on any atom is -0.396 e. The van der Waals surface area contributed by atoms with Gasteiger partial charge in [-0.3, -0.25) is 0 Å². The summed E-state index contributed by atoms with van der Waals surface area (Å²) in [6.07, 6.45) is 0. The molecule has 0 amide bonds. The average Bonchev–Trinajstić information content (AvgIpc) is 2.52. The summed E-state index contributed by atoms with van der Waals surface area (Å²) in [4.78, 5) is 4.76. The van der Waals surface area contributed by atoms with Gasteiger partial charge >= 0.3 is 0 Å². The van der Waals surface area contributed by atoms with Crippen molar-refractivity contribution in [1.29, 1.82) is 0 Å². The fraction of sp³-hybridized carbons (Fsp3) is 0.647. The molecule has 6 heteroatoms. The highest BCUT2D eigenvalue weighted by Gasteiger charge is 2.37.